The maximum atomic E-state index is 12.2. The van der Waals surface area contributed by atoms with Crippen molar-refractivity contribution in [2.45, 2.75) is 19.5 Å². The Bertz CT molecular complexity index is 867. The van der Waals surface area contributed by atoms with Crippen LogP contribution >= 0.6 is 0 Å². The summed E-state index contributed by atoms with van der Waals surface area (Å²) in [6, 6.07) is 18.5. The maximum absolute atomic E-state index is 12.2. The van der Waals surface area contributed by atoms with Crippen LogP contribution in [0.15, 0.2) is 59.4 Å². The van der Waals surface area contributed by atoms with Crippen molar-refractivity contribution in [3.05, 3.63) is 81.8 Å². The Balaban J connectivity index is 1.71. The van der Waals surface area contributed by atoms with Gasteiger partial charge in [-0.3, -0.25) is 9.69 Å². The number of rotatable bonds is 2. The molecule has 22 heavy (non-hydrogen) atoms. The molecule has 0 spiro atoms. The van der Waals surface area contributed by atoms with Crippen molar-refractivity contribution in [3.63, 3.8) is 0 Å². The van der Waals surface area contributed by atoms with Gasteiger partial charge in [-0.1, -0.05) is 48.5 Å². The molecule has 2 heterocycles. The zero-order valence-corrected chi connectivity index (χ0v) is 12.4. The SMILES string of the molecule is O=c1[nH]c2c(c3ccccc13)CN(Cc1ccccc1)CC2. The van der Waals surface area contributed by atoms with Crippen LogP contribution in [0.5, 0.6) is 0 Å². The largest absolute Gasteiger partial charge is 0.325 e. The highest BCUT2D eigenvalue weighted by Gasteiger charge is 2.20. The molecule has 3 aromatic rings. The molecule has 1 aliphatic rings. The van der Waals surface area contributed by atoms with E-state index in [0.29, 0.717) is 0 Å². The van der Waals surface area contributed by atoms with Crippen molar-refractivity contribution in [1.29, 1.82) is 0 Å². The number of hydrogen-bond donors (Lipinski definition) is 1. The third-order valence-corrected chi connectivity index (χ3v) is 4.43. The zero-order valence-electron chi connectivity index (χ0n) is 12.4. The molecule has 4 rings (SSSR count). The lowest BCUT2D eigenvalue weighted by atomic mass is 9.98. The minimum Gasteiger partial charge on any atom is -0.325 e. The van der Waals surface area contributed by atoms with Crippen molar-refractivity contribution in [1.82, 2.24) is 9.88 Å². The molecule has 3 nitrogen and oxygen atoms in total. The van der Waals surface area contributed by atoms with Crippen molar-refractivity contribution in [2.24, 2.45) is 0 Å². The van der Waals surface area contributed by atoms with Gasteiger partial charge in [0.1, 0.15) is 0 Å². The van der Waals surface area contributed by atoms with Crippen molar-refractivity contribution in [3.8, 4) is 0 Å². The molecule has 2 aromatic carbocycles. The fourth-order valence-corrected chi connectivity index (χ4v) is 3.33. The summed E-state index contributed by atoms with van der Waals surface area (Å²) in [6.07, 6.45) is 0.905. The first-order valence-electron chi connectivity index (χ1n) is 7.70. The first-order chi connectivity index (χ1) is 10.8. The fourth-order valence-electron chi connectivity index (χ4n) is 3.33. The molecule has 0 unspecified atom stereocenters. The minimum atomic E-state index is 0.0332. The van der Waals surface area contributed by atoms with E-state index in [4.69, 9.17) is 0 Å². The predicted octanol–water partition coefficient (Wildman–Crippen LogP) is 3.09. The summed E-state index contributed by atoms with van der Waals surface area (Å²) in [5.41, 5.74) is 3.75. The van der Waals surface area contributed by atoms with E-state index < -0.39 is 0 Å². The Hall–Kier alpha value is -2.39. The van der Waals surface area contributed by atoms with Crippen LogP contribution in [-0.4, -0.2) is 16.4 Å². The summed E-state index contributed by atoms with van der Waals surface area (Å²) in [5.74, 6) is 0. The quantitative estimate of drug-likeness (QED) is 0.787. The molecule has 0 fully saturated rings. The lowest BCUT2D eigenvalue weighted by Gasteiger charge is -2.29. The molecule has 110 valence electrons. The van der Waals surface area contributed by atoms with Gasteiger partial charge in [0, 0.05) is 37.1 Å². The number of aromatic amines is 1. The normalized spacial score (nSPS) is 14.9. The van der Waals surface area contributed by atoms with Gasteiger partial charge in [0.05, 0.1) is 0 Å². The second-order valence-electron chi connectivity index (χ2n) is 5.90. The Morgan fingerprint density at radius 1 is 0.955 bits per heavy atom. The summed E-state index contributed by atoms with van der Waals surface area (Å²) in [4.78, 5) is 17.7. The number of hydrogen-bond acceptors (Lipinski definition) is 2. The molecule has 0 radical (unpaired) electrons. The molecule has 3 heteroatoms. The van der Waals surface area contributed by atoms with E-state index >= 15 is 0 Å². The van der Waals surface area contributed by atoms with E-state index in [1.807, 2.05) is 24.3 Å². The second-order valence-corrected chi connectivity index (χ2v) is 5.90. The van der Waals surface area contributed by atoms with E-state index in [-0.39, 0.29) is 5.56 Å². The van der Waals surface area contributed by atoms with Crippen LogP contribution in [0.2, 0.25) is 0 Å². The van der Waals surface area contributed by atoms with Crippen molar-refractivity contribution < 1.29 is 0 Å². The Morgan fingerprint density at radius 3 is 2.50 bits per heavy atom. The first kappa shape index (κ1) is 13.3. The highest BCUT2D eigenvalue weighted by molar-refractivity contribution is 5.85. The molecule has 1 aliphatic heterocycles. The molecule has 1 N–H and O–H groups in total. The third-order valence-electron chi connectivity index (χ3n) is 4.43. The minimum absolute atomic E-state index is 0.0332. The smallest absolute Gasteiger partial charge is 0.256 e. The molecule has 0 saturated carbocycles. The molecule has 0 saturated heterocycles. The molecule has 0 atom stereocenters. The van der Waals surface area contributed by atoms with Crippen molar-refractivity contribution >= 4 is 10.8 Å². The number of nitrogens with zero attached hydrogens (tertiary/aromatic N) is 1. The average Bonchev–Trinajstić information content (AvgIpc) is 2.57. The van der Waals surface area contributed by atoms with Gasteiger partial charge in [-0.05, 0) is 22.6 Å². The molecule has 0 amide bonds. The molecular formula is C19H18N2O. The number of benzene rings is 2. The van der Waals surface area contributed by atoms with E-state index in [1.54, 1.807) is 0 Å². The Morgan fingerprint density at radius 2 is 1.68 bits per heavy atom. The van der Waals surface area contributed by atoms with Gasteiger partial charge < -0.3 is 4.98 Å². The van der Waals surface area contributed by atoms with Crippen LogP contribution in [0.3, 0.4) is 0 Å². The van der Waals surface area contributed by atoms with Gasteiger partial charge in [-0.25, -0.2) is 0 Å². The highest BCUT2D eigenvalue weighted by Crippen LogP contribution is 2.24. The van der Waals surface area contributed by atoms with Crippen LogP contribution < -0.4 is 5.56 Å². The fraction of sp³-hybridized carbons (Fsp3) is 0.211. The number of aromatic nitrogens is 1. The van der Waals surface area contributed by atoms with Gasteiger partial charge >= 0.3 is 0 Å². The first-order valence-corrected chi connectivity index (χ1v) is 7.70. The number of fused-ring (bicyclic) bond motifs is 3. The second kappa shape index (κ2) is 5.43. The van der Waals surface area contributed by atoms with Crippen LogP contribution in [0.1, 0.15) is 16.8 Å². The summed E-state index contributed by atoms with van der Waals surface area (Å²) in [7, 11) is 0. The van der Waals surface area contributed by atoms with Crippen LogP contribution in [-0.2, 0) is 19.5 Å². The molecule has 0 aliphatic carbocycles. The maximum Gasteiger partial charge on any atom is 0.256 e. The summed E-state index contributed by atoms with van der Waals surface area (Å²) in [5, 5.41) is 1.89. The summed E-state index contributed by atoms with van der Waals surface area (Å²) < 4.78 is 0. The van der Waals surface area contributed by atoms with E-state index in [0.717, 1.165) is 42.5 Å². The lowest BCUT2D eigenvalue weighted by molar-refractivity contribution is 0.244. The van der Waals surface area contributed by atoms with Gasteiger partial charge in [0.25, 0.3) is 5.56 Å². The summed E-state index contributed by atoms with van der Waals surface area (Å²) >= 11 is 0. The zero-order chi connectivity index (χ0) is 14.9. The monoisotopic (exact) mass is 290 g/mol. The number of H-pyrrole nitrogens is 1. The lowest BCUT2D eigenvalue weighted by Crippen LogP contribution is -2.32. The number of nitrogens with one attached hydrogen (secondary N) is 1. The highest BCUT2D eigenvalue weighted by atomic mass is 16.1. The summed E-state index contributed by atoms with van der Waals surface area (Å²) in [6.45, 7) is 2.82. The molecule has 0 bridgehead atoms. The van der Waals surface area contributed by atoms with Gasteiger partial charge in [-0.2, -0.15) is 0 Å². The van der Waals surface area contributed by atoms with Crippen molar-refractivity contribution in [2.75, 3.05) is 6.54 Å². The molecule has 1 aromatic heterocycles. The Labute approximate surface area is 129 Å². The van der Waals surface area contributed by atoms with E-state index in [9.17, 15) is 4.79 Å². The van der Waals surface area contributed by atoms with Crippen LogP contribution in [0.4, 0.5) is 0 Å². The van der Waals surface area contributed by atoms with E-state index in [2.05, 4.69) is 40.2 Å². The standard InChI is InChI=1S/C19H18N2O/c22-19-16-9-5-4-8-15(16)17-13-21(11-10-18(17)20-19)12-14-6-2-1-3-7-14/h1-9H,10-13H2,(H,20,22). The molecular weight excluding hydrogens is 272 g/mol. The van der Waals surface area contributed by atoms with Gasteiger partial charge in [0.15, 0.2) is 0 Å². The van der Waals surface area contributed by atoms with Gasteiger partial charge in [-0.15, -0.1) is 0 Å². The average molecular weight is 290 g/mol. The number of pyridine rings is 1. The van der Waals surface area contributed by atoms with Gasteiger partial charge in [0.2, 0.25) is 0 Å². The Kier molecular flexibility index (Phi) is 3.28. The van der Waals surface area contributed by atoms with Crippen LogP contribution in [0.25, 0.3) is 10.8 Å². The van der Waals surface area contributed by atoms with Crippen LogP contribution in [0, 0.1) is 0 Å². The topological polar surface area (TPSA) is 36.1 Å². The predicted molar refractivity (Wildman–Crippen MR) is 88.8 cm³/mol. The third kappa shape index (κ3) is 2.34. The van der Waals surface area contributed by atoms with E-state index in [1.165, 1.54) is 11.1 Å².